The monoisotopic (exact) mass is 285 g/mol. The molecular weight excluding hydrogens is 274 g/mol. The molecule has 0 unspecified atom stereocenters. The number of benzene rings is 1. The van der Waals surface area contributed by atoms with Crippen molar-refractivity contribution >= 4 is 5.91 Å². The molecule has 20 heavy (non-hydrogen) atoms. The fraction of sp³-hybridized carbons (Fsp3) is 0.357. The molecular formula is C14H11F4NO. The van der Waals surface area contributed by atoms with Crippen LogP contribution in [0.15, 0.2) is 18.2 Å². The zero-order valence-corrected chi connectivity index (χ0v) is 10.6. The second-order valence-electron chi connectivity index (χ2n) is 4.64. The van der Waals surface area contributed by atoms with E-state index in [1.165, 1.54) is 6.92 Å². The largest absolute Gasteiger partial charge is 0.416 e. The molecule has 1 aliphatic carbocycles. The third kappa shape index (κ3) is 2.93. The summed E-state index contributed by atoms with van der Waals surface area (Å²) in [5.41, 5.74) is -1.87. The number of nitrogens with one attached hydrogen (secondary N) is 1. The van der Waals surface area contributed by atoms with E-state index in [1.807, 2.05) is 0 Å². The second-order valence-corrected chi connectivity index (χ2v) is 4.64. The predicted molar refractivity (Wildman–Crippen MR) is 63.9 cm³/mol. The molecule has 1 N–H and O–H groups in total. The maximum atomic E-state index is 13.4. The van der Waals surface area contributed by atoms with Gasteiger partial charge in [0.15, 0.2) is 0 Å². The maximum absolute atomic E-state index is 13.4. The van der Waals surface area contributed by atoms with Crippen LogP contribution in [0.3, 0.4) is 0 Å². The molecule has 0 bridgehead atoms. The van der Waals surface area contributed by atoms with Gasteiger partial charge in [-0.1, -0.05) is 5.92 Å². The number of hydrogen-bond donors (Lipinski definition) is 1. The van der Waals surface area contributed by atoms with E-state index in [1.54, 1.807) is 0 Å². The Kier molecular flexibility index (Phi) is 3.46. The van der Waals surface area contributed by atoms with Gasteiger partial charge >= 0.3 is 6.18 Å². The Morgan fingerprint density at radius 3 is 2.45 bits per heavy atom. The van der Waals surface area contributed by atoms with Crippen LogP contribution < -0.4 is 5.32 Å². The first kappa shape index (κ1) is 14.4. The van der Waals surface area contributed by atoms with Crippen molar-refractivity contribution in [3.05, 3.63) is 35.1 Å². The summed E-state index contributed by atoms with van der Waals surface area (Å²) in [6.45, 7) is 1.48. The third-order valence-corrected chi connectivity index (χ3v) is 3.12. The van der Waals surface area contributed by atoms with Gasteiger partial charge in [0, 0.05) is 0 Å². The summed E-state index contributed by atoms with van der Waals surface area (Å²) in [5.74, 6) is 3.10. The Labute approximate surface area is 113 Å². The molecule has 1 saturated carbocycles. The molecule has 6 heteroatoms. The minimum absolute atomic E-state index is 0.121. The lowest BCUT2D eigenvalue weighted by atomic mass is 10.0. The Bertz CT molecular complexity index is 606. The van der Waals surface area contributed by atoms with Crippen molar-refractivity contribution in [2.24, 2.45) is 0 Å². The fourth-order valence-electron chi connectivity index (χ4n) is 2.00. The van der Waals surface area contributed by atoms with Crippen molar-refractivity contribution in [2.45, 2.75) is 31.5 Å². The highest BCUT2D eigenvalue weighted by Gasteiger charge is 2.46. The quantitative estimate of drug-likeness (QED) is 0.657. The van der Waals surface area contributed by atoms with Crippen LogP contribution in [0.25, 0.3) is 0 Å². The molecule has 1 aliphatic rings. The summed E-state index contributed by atoms with van der Waals surface area (Å²) in [6.07, 6.45) is -3.70. The normalized spacial score (nSPS) is 16.1. The zero-order chi connectivity index (χ0) is 15.0. The topological polar surface area (TPSA) is 29.1 Å². The van der Waals surface area contributed by atoms with Gasteiger partial charge in [-0.25, -0.2) is 4.39 Å². The Morgan fingerprint density at radius 2 is 1.95 bits per heavy atom. The molecule has 2 nitrogen and oxygen atoms in total. The van der Waals surface area contributed by atoms with E-state index < -0.39 is 29.0 Å². The summed E-state index contributed by atoms with van der Waals surface area (Å²) in [7, 11) is 0. The highest BCUT2D eigenvalue weighted by atomic mass is 19.4. The second kappa shape index (κ2) is 4.82. The summed E-state index contributed by atoms with van der Waals surface area (Å²) >= 11 is 0. The van der Waals surface area contributed by atoms with E-state index in [0.717, 1.165) is 12.1 Å². The minimum Gasteiger partial charge on any atom is -0.336 e. The van der Waals surface area contributed by atoms with E-state index >= 15 is 0 Å². The van der Waals surface area contributed by atoms with Crippen molar-refractivity contribution < 1.29 is 22.4 Å². The van der Waals surface area contributed by atoms with Crippen molar-refractivity contribution in [2.75, 3.05) is 0 Å². The van der Waals surface area contributed by atoms with Crippen LogP contribution in [0.2, 0.25) is 0 Å². The molecule has 0 aliphatic heterocycles. The van der Waals surface area contributed by atoms with Crippen molar-refractivity contribution in [3.63, 3.8) is 0 Å². The fourth-order valence-corrected chi connectivity index (χ4v) is 2.00. The lowest BCUT2D eigenvalue weighted by Gasteiger charge is -2.18. The summed E-state index contributed by atoms with van der Waals surface area (Å²) in [5, 5.41) is 2.54. The first-order chi connectivity index (χ1) is 9.27. The SMILES string of the molecule is CC#CC(=O)NC1(c2cc(F)cc(C(F)(F)F)c2)CC1. The van der Waals surface area contributed by atoms with Gasteiger partial charge in [-0.2, -0.15) is 13.2 Å². The van der Waals surface area contributed by atoms with E-state index in [2.05, 4.69) is 17.2 Å². The van der Waals surface area contributed by atoms with E-state index in [9.17, 15) is 22.4 Å². The predicted octanol–water partition coefficient (Wildman–Crippen LogP) is 2.97. The molecule has 0 heterocycles. The van der Waals surface area contributed by atoms with Gasteiger partial charge in [0.1, 0.15) is 5.82 Å². The first-order valence-corrected chi connectivity index (χ1v) is 5.90. The van der Waals surface area contributed by atoms with Crippen LogP contribution in [0.5, 0.6) is 0 Å². The Morgan fingerprint density at radius 1 is 1.30 bits per heavy atom. The van der Waals surface area contributed by atoms with Gasteiger partial charge in [0.25, 0.3) is 5.91 Å². The van der Waals surface area contributed by atoms with Crippen molar-refractivity contribution in [3.8, 4) is 11.8 Å². The molecule has 1 aromatic carbocycles. The van der Waals surface area contributed by atoms with Crippen LogP contribution in [0.1, 0.15) is 30.9 Å². The van der Waals surface area contributed by atoms with Crippen LogP contribution in [0, 0.1) is 17.7 Å². The number of carbonyl (C=O) groups excluding carboxylic acids is 1. The molecule has 2 rings (SSSR count). The van der Waals surface area contributed by atoms with Gasteiger partial charge in [-0.05, 0) is 49.4 Å². The standard InChI is InChI=1S/C14H11F4NO/c1-2-3-12(20)19-13(4-5-13)9-6-10(14(16,17)18)8-11(15)7-9/h6-8H,4-5H2,1H3,(H,19,20). The van der Waals surface area contributed by atoms with E-state index in [-0.39, 0.29) is 5.56 Å². The van der Waals surface area contributed by atoms with Crippen LogP contribution in [0.4, 0.5) is 17.6 Å². The van der Waals surface area contributed by atoms with Gasteiger partial charge in [0.2, 0.25) is 0 Å². The van der Waals surface area contributed by atoms with Crippen LogP contribution in [-0.2, 0) is 16.5 Å². The molecule has 0 spiro atoms. The van der Waals surface area contributed by atoms with Gasteiger partial charge in [-0.15, -0.1) is 0 Å². The number of halogens is 4. The summed E-state index contributed by atoms with van der Waals surface area (Å²) in [6, 6.07) is 2.32. The first-order valence-electron chi connectivity index (χ1n) is 5.90. The summed E-state index contributed by atoms with van der Waals surface area (Å²) < 4.78 is 51.4. The molecule has 106 valence electrons. The number of rotatable bonds is 2. The summed E-state index contributed by atoms with van der Waals surface area (Å²) in [4.78, 5) is 11.4. The van der Waals surface area contributed by atoms with Gasteiger partial charge < -0.3 is 5.32 Å². The average molecular weight is 285 g/mol. The Balaban J connectivity index is 2.35. The molecule has 0 radical (unpaired) electrons. The third-order valence-electron chi connectivity index (χ3n) is 3.12. The number of hydrogen-bond acceptors (Lipinski definition) is 1. The van der Waals surface area contributed by atoms with Crippen molar-refractivity contribution in [1.29, 1.82) is 0 Å². The minimum atomic E-state index is -4.62. The molecule has 1 fully saturated rings. The number of amides is 1. The highest BCUT2D eigenvalue weighted by Crippen LogP contribution is 2.46. The average Bonchev–Trinajstić information content (AvgIpc) is 3.08. The van der Waals surface area contributed by atoms with Gasteiger partial charge in [0.05, 0.1) is 11.1 Å². The molecule has 0 atom stereocenters. The maximum Gasteiger partial charge on any atom is 0.416 e. The smallest absolute Gasteiger partial charge is 0.336 e. The van der Waals surface area contributed by atoms with Gasteiger partial charge in [-0.3, -0.25) is 4.79 Å². The Hall–Kier alpha value is -2.03. The van der Waals surface area contributed by atoms with E-state index in [0.29, 0.717) is 18.9 Å². The van der Waals surface area contributed by atoms with Crippen molar-refractivity contribution in [1.82, 2.24) is 5.32 Å². The van der Waals surface area contributed by atoms with Crippen LogP contribution in [-0.4, -0.2) is 5.91 Å². The van der Waals surface area contributed by atoms with E-state index in [4.69, 9.17) is 0 Å². The lowest BCUT2D eigenvalue weighted by molar-refractivity contribution is -0.137. The molecule has 1 aromatic rings. The number of carbonyl (C=O) groups is 1. The zero-order valence-electron chi connectivity index (χ0n) is 10.6. The molecule has 0 saturated heterocycles. The number of alkyl halides is 3. The lowest BCUT2D eigenvalue weighted by Crippen LogP contribution is -2.34. The molecule has 0 aromatic heterocycles. The molecule has 1 amide bonds. The van der Waals surface area contributed by atoms with Crippen LogP contribution >= 0.6 is 0 Å². The highest BCUT2D eigenvalue weighted by molar-refractivity contribution is 5.94.